The van der Waals surface area contributed by atoms with Crippen LogP contribution in [0.5, 0.6) is 0 Å². The van der Waals surface area contributed by atoms with E-state index >= 15 is 0 Å². The van der Waals surface area contributed by atoms with Crippen molar-refractivity contribution in [1.82, 2.24) is 0 Å². The molecule has 0 radical (unpaired) electrons. The second kappa shape index (κ2) is 3.67. The van der Waals surface area contributed by atoms with Gasteiger partial charge in [0, 0.05) is 11.8 Å². The number of fused-ring (bicyclic) bond motifs is 2. The first-order valence-electron chi connectivity index (χ1n) is 6.10. The maximum Gasteiger partial charge on any atom is 0.154 e. The zero-order chi connectivity index (χ0) is 12.9. The molecular formula is C13H20O3S. The molecule has 2 aliphatic rings. The lowest BCUT2D eigenvalue weighted by Gasteiger charge is -2.36. The highest BCUT2D eigenvalue weighted by molar-refractivity contribution is 7.91. The van der Waals surface area contributed by atoms with E-state index in [9.17, 15) is 13.2 Å². The molecule has 17 heavy (non-hydrogen) atoms. The molecule has 2 saturated carbocycles. The molecular weight excluding hydrogens is 236 g/mol. The number of ketones is 1. The zero-order valence-corrected chi connectivity index (χ0v) is 11.3. The average molecular weight is 256 g/mol. The lowest BCUT2D eigenvalue weighted by molar-refractivity contribution is -0.128. The second-order valence-electron chi connectivity index (χ2n) is 6.01. The Bertz CT molecular complexity index is 461. The summed E-state index contributed by atoms with van der Waals surface area (Å²) in [4.78, 5) is 12.2. The molecule has 2 atom stereocenters. The molecule has 0 saturated heterocycles. The number of rotatable bonds is 4. The molecule has 0 N–H and O–H groups in total. The summed E-state index contributed by atoms with van der Waals surface area (Å²) in [5.74, 6) is 0.511. The highest BCUT2D eigenvalue weighted by Crippen LogP contribution is 2.64. The van der Waals surface area contributed by atoms with Crippen LogP contribution in [-0.4, -0.2) is 25.7 Å². The van der Waals surface area contributed by atoms with Gasteiger partial charge in [-0.25, -0.2) is 8.42 Å². The van der Waals surface area contributed by atoms with Crippen LogP contribution in [0.15, 0.2) is 12.7 Å². The largest absolute Gasteiger partial charge is 0.299 e. The minimum Gasteiger partial charge on any atom is -0.299 e. The van der Waals surface area contributed by atoms with Crippen LogP contribution in [0.1, 0.15) is 33.1 Å². The molecule has 0 unspecified atom stereocenters. The Hall–Kier alpha value is -0.640. The fraction of sp³-hybridized carbons (Fsp3) is 0.769. The molecule has 2 aliphatic carbocycles. The van der Waals surface area contributed by atoms with E-state index in [0.29, 0.717) is 12.3 Å². The number of hydrogen-bond acceptors (Lipinski definition) is 3. The number of Topliss-reactive ketones (excluding diaryl/α,β-unsaturated/α-hetero) is 1. The van der Waals surface area contributed by atoms with Gasteiger partial charge in [-0.1, -0.05) is 19.9 Å². The van der Waals surface area contributed by atoms with E-state index in [1.54, 1.807) is 0 Å². The maximum atomic E-state index is 12.2. The quantitative estimate of drug-likeness (QED) is 0.723. The molecule has 0 heterocycles. The first kappa shape index (κ1) is 12.8. The van der Waals surface area contributed by atoms with Gasteiger partial charge in [0.2, 0.25) is 0 Å². The van der Waals surface area contributed by atoms with Gasteiger partial charge in [-0.15, -0.1) is 6.58 Å². The van der Waals surface area contributed by atoms with Crippen molar-refractivity contribution in [2.45, 2.75) is 33.1 Å². The monoisotopic (exact) mass is 256 g/mol. The third kappa shape index (κ3) is 1.68. The zero-order valence-electron chi connectivity index (χ0n) is 10.5. The van der Waals surface area contributed by atoms with Crippen LogP contribution in [0, 0.1) is 16.7 Å². The molecule has 0 aliphatic heterocycles. The lowest BCUT2D eigenvalue weighted by atomic mass is 9.70. The van der Waals surface area contributed by atoms with E-state index in [0.717, 1.165) is 12.8 Å². The van der Waals surface area contributed by atoms with Crippen LogP contribution in [0.2, 0.25) is 0 Å². The van der Waals surface area contributed by atoms with Gasteiger partial charge in [-0.2, -0.15) is 0 Å². The third-order valence-corrected chi connectivity index (χ3v) is 6.65. The lowest BCUT2D eigenvalue weighted by Crippen LogP contribution is -2.42. The molecule has 2 rings (SSSR count). The highest BCUT2D eigenvalue weighted by Gasteiger charge is 2.65. The van der Waals surface area contributed by atoms with Gasteiger partial charge in [0.05, 0.1) is 11.5 Å². The van der Waals surface area contributed by atoms with Crippen molar-refractivity contribution in [1.29, 1.82) is 0 Å². The van der Waals surface area contributed by atoms with Gasteiger partial charge in [0.25, 0.3) is 0 Å². The van der Waals surface area contributed by atoms with E-state index < -0.39 is 15.3 Å². The van der Waals surface area contributed by atoms with Crippen LogP contribution >= 0.6 is 0 Å². The Morgan fingerprint density at radius 2 is 2.12 bits per heavy atom. The van der Waals surface area contributed by atoms with Crippen LogP contribution < -0.4 is 0 Å². The van der Waals surface area contributed by atoms with Gasteiger partial charge in [-0.3, -0.25) is 4.79 Å². The van der Waals surface area contributed by atoms with Crippen molar-refractivity contribution < 1.29 is 13.2 Å². The second-order valence-corrected chi connectivity index (χ2v) is 8.12. The summed E-state index contributed by atoms with van der Waals surface area (Å²) in [6.07, 6.45) is 3.70. The SMILES string of the molecule is C=CCS(=O)(=O)C[C@]12CC[C@H](CC1=O)C2(C)C. The number of sulfone groups is 1. The van der Waals surface area contributed by atoms with Gasteiger partial charge in [0.1, 0.15) is 5.78 Å². The van der Waals surface area contributed by atoms with E-state index in [1.807, 2.05) is 0 Å². The van der Waals surface area contributed by atoms with Gasteiger partial charge in [-0.05, 0) is 24.2 Å². The Labute approximate surface area is 103 Å². The smallest absolute Gasteiger partial charge is 0.154 e. The third-order valence-electron chi connectivity index (χ3n) is 4.98. The number of carbonyl (C=O) groups excluding carboxylic acids is 1. The number of carbonyl (C=O) groups is 1. The van der Waals surface area contributed by atoms with E-state index in [4.69, 9.17) is 0 Å². The van der Waals surface area contributed by atoms with E-state index in [2.05, 4.69) is 20.4 Å². The summed E-state index contributed by atoms with van der Waals surface area (Å²) in [6.45, 7) is 7.58. The minimum atomic E-state index is -3.20. The average Bonchev–Trinajstić information content (AvgIpc) is 2.50. The van der Waals surface area contributed by atoms with Gasteiger partial charge < -0.3 is 0 Å². The van der Waals surface area contributed by atoms with Crippen molar-refractivity contribution in [3.63, 3.8) is 0 Å². The molecule has 0 aromatic heterocycles. The van der Waals surface area contributed by atoms with Gasteiger partial charge in [0.15, 0.2) is 9.84 Å². The van der Waals surface area contributed by atoms with Crippen molar-refractivity contribution in [3.8, 4) is 0 Å². The first-order valence-corrected chi connectivity index (χ1v) is 7.92. The van der Waals surface area contributed by atoms with Crippen molar-refractivity contribution in [2.75, 3.05) is 11.5 Å². The normalized spacial score (nSPS) is 35.2. The fourth-order valence-corrected chi connectivity index (χ4v) is 5.63. The van der Waals surface area contributed by atoms with Crippen LogP contribution in [0.3, 0.4) is 0 Å². The summed E-state index contributed by atoms with van der Waals surface area (Å²) < 4.78 is 24.0. The van der Waals surface area contributed by atoms with Crippen LogP contribution in [0.4, 0.5) is 0 Å². The molecule has 0 amide bonds. The van der Waals surface area contributed by atoms with E-state index in [-0.39, 0.29) is 22.7 Å². The summed E-state index contributed by atoms with van der Waals surface area (Å²) >= 11 is 0. The Morgan fingerprint density at radius 3 is 2.53 bits per heavy atom. The highest BCUT2D eigenvalue weighted by atomic mass is 32.2. The molecule has 2 fully saturated rings. The number of hydrogen-bond donors (Lipinski definition) is 0. The first-order chi connectivity index (χ1) is 7.75. The molecule has 3 nitrogen and oxygen atoms in total. The Morgan fingerprint density at radius 1 is 1.47 bits per heavy atom. The maximum absolute atomic E-state index is 12.2. The predicted octanol–water partition coefficient (Wildman–Crippen LogP) is 1.98. The molecule has 2 bridgehead atoms. The molecule has 0 aromatic rings. The molecule has 4 heteroatoms. The molecule has 96 valence electrons. The van der Waals surface area contributed by atoms with Crippen LogP contribution in [-0.2, 0) is 14.6 Å². The van der Waals surface area contributed by atoms with Crippen molar-refractivity contribution in [3.05, 3.63) is 12.7 Å². The Kier molecular flexibility index (Phi) is 2.77. The summed E-state index contributed by atoms with van der Waals surface area (Å²) in [7, 11) is -3.20. The standard InChI is InChI=1S/C13H20O3S/c1-4-7-17(15,16)9-13-6-5-10(8-11(13)14)12(13,2)3/h4,10H,1,5-9H2,2-3H3/t10-,13-/m1/s1. The fourth-order valence-electron chi connectivity index (χ4n) is 3.72. The minimum absolute atomic E-state index is 0.00829. The Balaban J connectivity index is 2.36. The molecule has 0 aromatic carbocycles. The van der Waals surface area contributed by atoms with Crippen molar-refractivity contribution >= 4 is 15.6 Å². The topological polar surface area (TPSA) is 51.2 Å². The van der Waals surface area contributed by atoms with Gasteiger partial charge >= 0.3 is 0 Å². The van der Waals surface area contributed by atoms with Crippen molar-refractivity contribution in [2.24, 2.45) is 16.7 Å². The van der Waals surface area contributed by atoms with Crippen LogP contribution in [0.25, 0.3) is 0 Å². The summed E-state index contributed by atoms with van der Waals surface area (Å²) in [6, 6.07) is 0. The summed E-state index contributed by atoms with van der Waals surface area (Å²) in [5, 5.41) is 0. The van der Waals surface area contributed by atoms with E-state index in [1.165, 1.54) is 6.08 Å². The predicted molar refractivity (Wildman–Crippen MR) is 67.4 cm³/mol. The molecule has 0 spiro atoms. The summed E-state index contributed by atoms with van der Waals surface area (Å²) in [5.41, 5.74) is -0.794.